The number of hydrogen-bond acceptors (Lipinski definition) is 2. The molecular formula is C26H26N2O2. The number of nitrogens with zero attached hydrogens (tertiary/aromatic N) is 2. The zero-order valence-corrected chi connectivity index (χ0v) is 17.8. The lowest BCUT2D eigenvalue weighted by Gasteiger charge is -2.18. The van der Waals surface area contributed by atoms with Crippen molar-refractivity contribution in [3.05, 3.63) is 77.9 Å². The monoisotopic (exact) mass is 398 g/mol. The lowest BCUT2D eigenvalue weighted by atomic mass is 9.99. The number of pyridine rings is 1. The second-order valence-corrected chi connectivity index (χ2v) is 8.22. The van der Waals surface area contributed by atoms with E-state index in [0.717, 1.165) is 33.5 Å². The van der Waals surface area contributed by atoms with Crippen LogP contribution in [0.5, 0.6) is 0 Å². The summed E-state index contributed by atoms with van der Waals surface area (Å²) in [5.74, 6) is -0.514. The van der Waals surface area contributed by atoms with E-state index >= 15 is 0 Å². The Bertz CT molecular complexity index is 1220. The molecule has 0 spiro atoms. The molecule has 152 valence electrons. The van der Waals surface area contributed by atoms with Gasteiger partial charge < -0.3 is 9.67 Å². The fraction of sp³-hybridized carbons (Fsp3) is 0.231. The van der Waals surface area contributed by atoms with Gasteiger partial charge in [-0.1, -0.05) is 50.2 Å². The van der Waals surface area contributed by atoms with E-state index in [1.165, 1.54) is 5.56 Å². The van der Waals surface area contributed by atoms with Gasteiger partial charge in [-0.15, -0.1) is 0 Å². The number of aromatic nitrogens is 2. The van der Waals surface area contributed by atoms with Crippen molar-refractivity contribution in [2.45, 2.75) is 39.7 Å². The number of fused-ring (bicyclic) bond motifs is 1. The molecule has 0 atom stereocenters. The number of hydrogen-bond donors (Lipinski definition) is 1. The summed E-state index contributed by atoms with van der Waals surface area (Å²) in [6.07, 6.45) is 0. The molecule has 1 N–H and O–H groups in total. The number of aromatic carboxylic acids is 1. The largest absolute Gasteiger partial charge is 0.478 e. The van der Waals surface area contributed by atoms with Gasteiger partial charge in [0.15, 0.2) is 0 Å². The highest BCUT2D eigenvalue weighted by Gasteiger charge is 2.17. The molecular weight excluding hydrogens is 372 g/mol. The summed E-state index contributed by atoms with van der Waals surface area (Å²) in [6.45, 7) is 8.69. The number of benzene rings is 2. The Kier molecular flexibility index (Phi) is 5.17. The third-order valence-electron chi connectivity index (χ3n) is 5.50. The van der Waals surface area contributed by atoms with Gasteiger partial charge in [0.05, 0.1) is 22.5 Å². The summed E-state index contributed by atoms with van der Waals surface area (Å²) in [5, 5.41) is 10.3. The molecule has 0 bridgehead atoms. The van der Waals surface area contributed by atoms with Crippen molar-refractivity contribution in [2.75, 3.05) is 0 Å². The van der Waals surface area contributed by atoms with Crippen LogP contribution >= 0.6 is 0 Å². The van der Waals surface area contributed by atoms with Gasteiger partial charge in [-0.2, -0.15) is 0 Å². The minimum atomic E-state index is -0.914. The zero-order valence-electron chi connectivity index (χ0n) is 17.8. The summed E-state index contributed by atoms with van der Waals surface area (Å²) in [4.78, 5) is 16.2. The molecule has 2 aromatic heterocycles. The van der Waals surface area contributed by atoms with Gasteiger partial charge >= 0.3 is 5.97 Å². The fourth-order valence-electron chi connectivity index (χ4n) is 4.01. The van der Waals surface area contributed by atoms with Gasteiger partial charge in [-0.25, -0.2) is 9.78 Å². The Balaban J connectivity index is 1.86. The Morgan fingerprint density at radius 3 is 2.20 bits per heavy atom. The van der Waals surface area contributed by atoms with E-state index in [4.69, 9.17) is 4.98 Å². The predicted molar refractivity (Wildman–Crippen MR) is 122 cm³/mol. The van der Waals surface area contributed by atoms with Crippen LogP contribution in [0.25, 0.3) is 33.5 Å². The topological polar surface area (TPSA) is 55.1 Å². The first-order chi connectivity index (χ1) is 14.4. The van der Waals surface area contributed by atoms with Gasteiger partial charge in [0, 0.05) is 17.1 Å². The Labute approximate surface area is 176 Å². The Morgan fingerprint density at radius 2 is 1.57 bits per heavy atom. The van der Waals surface area contributed by atoms with Crippen LogP contribution in [0.3, 0.4) is 0 Å². The lowest BCUT2D eigenvalue weighted by molar-refractivity contribution is 0.0697. The maximum Gasteiger partial charge on any atom is 0.335 e. The molecule has 0 fully saturated rings. The first-order valence-corrected chi connectivity index (χ1v) is 10.3. The summed E-state index contributed by atoms with van der Waals surface area (Å²) in [5.41, 5.74) is 6.63. The van der Waals surface area contributed by atoms with Crippen LogP contribution in [-0.2, 0) is 0 Å². The molecule has 0 unspecified atom stereocenters. The fourth-order valence-corrected chi connectivity index (χ4v) is 4.01. The summed E-state index contributed by atoms with van der Waals surface area (Å²) < 4.78 is 2.27. The van der Waals surface area contributed by atoms with Gasteiger partial charge in [0.2, 0.25) is 0 Å². The molecule has 4 aromatic rings. The van der Waals surface area contributed by atoms with Crippen molar-refractivity contribution in [3.8, 4) is 22.6 Å². The van der Waals surface area contributed by atoms with Crippen molar-refractivity contribution >= 4 is 16.9 Å². The van der Waals surface area contributed by atoms with E-state index in [1.807, 2.05) is 12.1 Å². The highest BCUT2D eigenvalue weighted by molar-refractivity contribution is 5.88. The summed E-state index contributed by atoms with van der Waals surface area (Å²) in [7, 11) is 0. The van der Waals surface area contributed by atoms with Crippen LogP contribution in [0.15, 0.2) is 66.7 Å². The number of para-hydroxylation sites is 1. The molecule has 0 aliphatic carbocycles. The van der Waals surface area contributed by atoms with Crippen molar-refractivity contribution in [1.29, 1.82) is 0 Å². The van der Waals surface area contributed by atoms with Crippen molar-refractivity contribution in [3.63, 3.8) is 0 Å². The molecule has 0 aliphatic rings. The normalized spacial score (nSPS) is 11.5. The van der Waals surface area contributed by atoms with E-state index in [2.05, 4.69) is 74.7 Å². The molecule has 4 heteroatoms. The summed E-state index contributed by atoms with van der Waals surface area (Å²) in [6, 6.07) is 22.0. The van der Waals surface area contributed by atoms with Gasteiger partial charge in [0.1, 0.15) is 0 Å². The second kappa shape index (κ2) is 7.79. The van der Waals surface area contributed by atoms with Crippen molar-refractivity contribution < 1.29 is 9.90 Å². The number of carbonyl (C=O) groups is 1. The minimum Gasteiger partial charge on any atom is -0.478 e. The van der Waals surface area contributed by atoms with E-state index in [1.54, 1.807) is 12.1 Å². The quantitative estimate of drug-likeness (QED) is 0.403. The summed E-state index contributed by atoms with van der Waals surface area (Å²) >= 11 is 0. The van der Waals surface area contributed by atoms with Crippen LogP contribution in [0.2, 0.25) is 0 Å². The first-order valence-electron chi connectivity index (χ1n) is 10.3. The smallest absolute Gasteiger partial charge is 0.335 e. The maximum absolute atomic E-state index is 11.2. The maximum atomic E-state index is 11.2. The molecule has 2 aromatic carbocycles. The molecule has 30 heavy (non-hydrogen) atoms. The number of rotatable bonds is 5. The third-order valence-corrected chi connectivity index (χ3v) is 5.50. The van der Waals surface area contributed by atoms with Gasteiger partial charge in [-0.05, 0) is 61.2 Å². The van der Waals surface area contributed by atoms with Crippen LogP contribution in [-0.4, -0.2) is 20.6 Å². The molecule has 0 saturated heterocycles. The Hall–Kier alpha value is -3.40. The number of carboxylic acid groups (broad SMARTS) is 1. The molecule has 0 aliphatic heterocycles. The molecule has 4 nitrogen and oxygen atoms in total. The molecule has 0 radical (unpaired) electrons. The third kappa shape index (κ3) is 3.50. The standard InChI is InChI=1S/C26H26N2O2/c1-16(2)21-7-5-6-19-12-13-22(27-25(19)21)24-15-14-23(28(24)17(3)4)18-8-10-20(11-9-18)26(29)30/h5-17H,1-4H3,(H,29,30). The first kappa shape index (κ1) is 19.9. The zero-order chi connectivity index (χ0) is 21.4. The van der Waals surface area contributed by atoms with Gasteiger partial charge in [-0.3, -0.25) is 0 Å². The van der Waals surface area contributed by atoms with Crippen molar-refractivity contribution in [2.24, 2.45) is 0 Å². The molecule has 4 rings (SSSR count). The van der Waals surface area contributed by atoms with Crippen LogP contribution in [0, 0.1) is 0 Å². The molecule has 0 saturated carbocycles. The SMILES string of the molecule is CC(C)c1cccc2ccc(-c3ccc(-c4ccc(C(=O)O)cc4)n3C(C)C)nc12. The van der Waals surface area contributed by atoms with Crippen LogP contribution < -0.4 is 0 Å². The highest BCUT2D eigenvalue weighted by Crippen LogP contribution is 2.33. The van der Waals surface area contributed by atoms with Crippen LogP contribution in [0.4, 0.5) is 0 Å². The second-order valence-electron chi connectivity index (χ2n) is 8.22. The van der Waals surface area contributed by atoms with E-state index < -0.39 is 5.97 Å². The van der Waals surface area contributed by atoms with E-state index in [9.17, 15) is 9.90 Å². The Morgan fingerprint density at radius 1 is 0.867 bits per heavy atom. The predicted octanol–water partition coefficient (Wildman–Crippen LogP) is 6.77. The van der Waals surface area contributed by atoms with Crippen LogP contribution in [0.1, 0.15) is 55.6 Å². The highest BCUT2D eigenvalue weighted by atomic mass is 16.4. The van der Waals surface area contributed by atoms with E-state index in [0.29, 0.717) is 11.5 Å². The molecule has 2 heterocycles. The minimum absolute atomic E-state index is 0.224. The lowest BCUT2D eigenvalue weighted by Crippen LogP contribution is -2.06. The average molecular weight is 399 g/mol. The number of carboxylic acids is 1. The molecule has 0 amide bonds. The van der Waals surface area contributed by atoms with Gasteiger partial charge in [0.25, 0.3) is 0 Å². The average Bonchev–Trinajstić information content (AvgIpc) is 3.18. The van der Waals surface area contributed by atoms with Crippen molar-refractivity contribution in [1.82, 2.24) is 9.55 Å². The van der Waals surface area contributed by atoms with E-state index in [-0.39, 0.29) is 6.04 Å².